The molecule has 1 saturated carbocycles. The summed E-state index contributed by atoms with van der Waals surface area (Å²) >= 11 is 6.05. The average Bonchev–Trinajstić information content (AvgIpc) is 2.27. The number of halogens is 1. The molecule has 2 rings (SSSR count). The molecule has 1 N–H and O–H groups in total. The van der Waals surface area contributed by atoms with Gasteiger partial charge in [0.1, 0.15) is 16.8 Å². The van der Waals surface area contributed by atoms with Crippen LogP contribution in [0.4, 0.5) is 5.82 Å². The van der Waals surface area contributed by atoms with Gasteiger partial charge in [-0.25, -0.2) is 9.97 Å². The second kappa shape index (κ2) is 5.00. The first-order chi connectivity index (χ1) is 7.66. The molecule has 16 heavy (non-hydrogen) atoms. The zero-order valence-corrected chi connectivity index (χ0v) is 10.6. The third kappa shape index (κ3) is 2.64. The molecule has 4 heteroatoms. The van der Waals surface area contributed by atoms with Crippen LogP contribution in [0.25, 0.3) is 0 Å². The van der Waals surface area contributed by atoms with Crippen molar-refractivity contribution in [1.82, 2.24) is 9.97 Å². The SMILES string of the molecule is Cc1nc(Cl)c(C)c(NC2CCCCC2)n1. The molecule has 0 unspecified atom stereocenters. The van der Waals surface area contributed by atoms with Gasteiger partial charge in [-0.3, -0.25) is 0 Å². The van der Waals surface area contributed by atoms with E-state index in [4.69, 9.17) is 11.6 Å². The Hall–Kier alpha value is -0.830. The summed E-state index contributed by atoms with van der Waals surface area (Å²) in [5.74, 6) is 1.64. The second-order valence-corrected chi connectivity index (χ2v) is 4.87. The van der Waals surface area contributed by atoms with Crippen LogP contribution in [0.5, 0.6) is 0 Å². The standard InChI is InChI=1S/C12H18ClN3/c1-8-11(13)14-9(2)15-12(8)16-10-6-4-3-5-7-10/h10H,3-7H2,1-2H3,(H,14,15,16). The van der Waals surface area contributed by atoms with Crippen molar-refractivity contribution in [1.29, 1.82) is 0 Å². The van der Waals surface area contributed by atoms with E-state index in [0.717, 1.165) is 17.2 Å². The highest BCUT2D eigenvalue weighted by atomic mass is 35.5. The monoisotopic (exact) mass is 239 g/mol. The Balaban J connectivity index is 2.13. The average molecular weight is 240 g/mol. The van der Waals surface area contributed by atoms with E-state index < -0.39 is 0 Å². The smallest absolute Gasteiger partial charge is 0.137 e. The van der Waals surface area contributed by atoms with Gasteiger partial charge in [0.2, 0.25) is 0 Å². The van der Waals surface area contributed by atoms with E-state index in [-0.39, 0.29) is 0 Å². The lowest BCUT2D eigenvalue weighted by Crippen LogP contribution is -2.23. The van der Waals surface area contributed by atoms with Crippen molar-refractivity contribution in [3.63, 3.8) is 0 Å². The van der Waals surface area contributed by atoms with Gasteiger partial charge >= 0.3 is 0 Å². The third-order valence-electron chi connectivity index (χ3n) is 3.14. The highest BCUT2D eigenvalue weighted by molar-refractivity contribution is 6.30. The molecular formula is C12H18ClN3. The number of nitrogens with zero attached hydrogens (tertiary/aromatic N) is 2. The fourth-order valence-electron chi connectivity index (χ4n) is 2.18. The number of nitrogens with one attached hydrogen (secondary N) is 1. The second-order valence-electron chi connectivity index (χ2n) is 4.51. The summed E-state index contributed by atoms with van der Waals surface area (Å²) in [6.07, 6.45) is 6.46. The van der Waals surface area contributed by atoms with Crippen LogP contribution >= 0.6 is 11.6 Å². The molecule has 1 aliphatic rings. The lowest BCUT2D eigenvalue weighted by atomic mass is 9.95. The number of anilines is 1. The summed E-state index contributed by atoms with van der Waals surface area (Å²) < 4.78 is 0. The Labute approximate surface area is 102 Å². The highest BCUT2D eigenvalue weighted by Crippen LogP contribution is 2.24. The summed E-state index contributed by atoms with van der Waals surface area (Å²) in [7, 11) is 0. The molecule has 0 aliphatic heterocycles. The minimum atomic E-state index is 0.554. The first kappa shape index (κ1) is 11.6. The molecular weight excluding hydrogens is 222 g/mol. The Morgan fingerprint density at radius 3 is 2.50 bits per heavy atom. The van der Waals surface area contributed by atoms with E-state index in [9.17, 15) is 0 Å². The van der Waals surface area contributed by atoms with Gasteiger partial charge in [0.25, 0.3) is 0 Å². The van der Waals surface area contributed by atoms with Crippen molar-refractivity contribution in [2.45, 2.75) is 52.0 Å². The van der Waals surface area contributed by atoms with Crippen LogP contribution in [0.3, 0.4) is 0 Å². The number of rotatable bonds is 2. The maximum Gasteiger partial charge on any atom is 0.137 e. The molecule has 1 aliphatic carbocycles. The topological polar surface area (TPSA) is 37.8 Å². The number of hydrogen-bond donors (Lipinski definition) is 1. The molecule has 0 saturated heterocycles. The van der Waals surface area contributed by atoms with Gasteiger partial charge in [-0.15, -0.1) is 0 Å². The van der Waals surface area contributed by atoms with Crippen LogP contribution in [-0.4, -0.2) is 16.0 Å². The number of hydrogen-bond acceptors (Lipinski definition) is 3. The fraction of sp³-hybridized carbons (Fsp3) is 0.667. The van der Waals surface area contributed by atoms with Crippen LogP contribution in [0.15, 0.2) is 0 Å². The summed E-state index contributed by atoms with van der Waals surface area (Å²) in [5, 5.41) is 4.06. The molecule has 1 aromatic heterocycles. The quantitative estimate of drug-likeness (QED) is 0.803. The Morgan fingerprint density at radius 2 is 1.81 bits per heavy atom. The molecule has 1 aromatic rings. The minimum absolute atomic E-state index is 0.554. The van der Waals surface area contributed by atoms with Gasteiger partial charge in [0, 0.05) is 11.6 Å². The van der Waals surface area contributed by atoms with E-state index in [1.54, 1.807) is 0 Å². The molecule has 0 spiro atoms. The van der Waals surface area contributed by atoms with E-state index in [0.29, 0.717) is 11.2 Å². The van der Waals surface area contributed by atoms with Crippen LogP contribution in [0.1, 0.15) is 43.5 Å². The van der Waals surface area contributed by atoms with Crippen molar-refractivity contribution in [2.75, 3.05) is 5.32 Å². The Bertz CT molecular complexity index is 373. The highest BCUT2D eigenvalue weighted by Gasteiger charge is 2.15. The first-order valence-electron chi connectivity index (χ1n) is 5.94. The van der Waals surface area contributed by atoms with E-state index in [1.807, 2.05) is 13.8 Å². The molecule has 0 radical (unpaired) electrons. The largest absolute Gasteiger partial charge is 0.367 e. The number of aryl methyl sites for hydroxylation is 1. The molecule has 0 amide bonds. The minimum Gasteiger partial charge on any atom is -0.367 e. The molecule has 1 fully saturated rings. The van der Waals surface area contributed by atoms with Gasteiger partial charge in [-0.05, 0) is 26.7 Å². The van der Waals surface area contributed by atoms with Crippen LogP contribution < -0.4 is 5.32 Å². The van der Waals surface area contributed by atoms with E-state index >= 15 is 0 Å². The predicted molar refractivity (Wildman–Crippen MR) is 67.0 cm³/mol. The third-order valence-corrected chi connectivity index (χ3v) is 3.51. The molecule has 0 bridgehead atoms. The molecule has 1 heterocycles. The predicted octanol–water partition coefficient (Wildman–Crippen LogP) is 3.49. The van der Waals surface area contributed by atoms with Gasteiger partial charge in [-0.1, -0.05) is 30.9 Å². The molecule has 0 atom stereocenters. The van der Waals surface area contributed by atoms with Gasteiger partial charge < -0.3 is 5.32 Å². The van der Waals surface area contributed by atoms with Crippen molar-refractivity contribution in [3.8, 4) is 0 Å². The summed E-state index contributed by atoms with van der Waals surface area (Å²) in [4.78, 5) is 8.56. The van der Waals surface area contributed by atoms with Gasteiger partial charge in [0.05, 0.1) is 0 Å². The maximum atomic E-state index is 6.05. The van der Waals surface area contributed by atoms with Crippen LogP contribution in [0.2, 0.25) is 5.15 Å². The molecule has 88 valence electrons. The molecule has 3 nitrogen and oxygen atoms in total. The Morgan fingerprint density at radius 1 is 1.12 bits per heavy atom. The lowest BCUT2D eigenvalue weighted by Gasteiger charge is -2.24. The summed E-state index contributed by atoms with van der Waals surface area (Å²) in [5.41, 5.74) is 0.956. The van der Waals surface area contributed by atoms with Crippen molar-refractivity contribution >= 4 is 17.4 Å². The zero-order chi connectivity index (χ0) is 11.5. The maximum absolute atomic E-state index is 6.05. The van der Waals surface area contributed by atoms with Crippen LogP contribution in [-0.2, 0) is 0 Å². The van der Waals surface area contributed by atoms with Gasteiger partial charge in [-0.2, -0.15) is 0 Å². The number of aromatic nitrogens is 2. The van der Waals surface area contributed by atoms with Gasteiger partial charge in [0.15, 0.2) is 0 Å². The summed E-state index contributed by atoms with van der Waals surface area (Å²) in [6.45, 7) is 3.84. The van der Waals surface area contributed by atoms with Crippen molar-refractivity contribution in [2.24, 2.45) is 0 Å². The Kier molecular flexibility index (Phi) is 3.64. The zero-order valence-electron chi connectivity index (χ0n) is 9.89. The van der Waals surface area contributed by atoms with Crippen molar-refractivity contribution < 1.29 is 0 Å². The first-order valence-corrected chi connectivity index (χ1v) is 6.32. The van der Waals surface area contributed by atoms with Crippen molar-refractivity contribution in [3.05, 3.63) is 16.5 Å². The molecule has 0 aromatic carbocycles. The normalized spacial score (nSPS) is 17.4. The lowest BCUT2D eigenvalue weighted by molar-refractivity contribution is 0.461. The fourth-order valence-corrected chi connectivity index (χ4v) is 2.39. The van der Waals surface area contributed by atoms with E-state index in [2.05, 4.69) is 15.3 Å². The van der Waals surface area contributed by atoms with Crippen LogP contribution in [0, 0.1) is 13.8 Å². The summed E-state index contributed by atoms with van der Waals surface area (Å²) in [6, 6.07) is 0.554. The van der Waals surface area contributed by atoms with E-state index in [1.165, 1.54) is 32.1 Å².